The fourth-order valence-electron chi connectivity index (χ4n) is 1.38. The van der Waals surface area contributed by atoms with Crippen molar-refractivity contribution in [3.8, 4) is 0 Å². The van der Waals surface area contributed by atoms with Gasteiger partial charge in [0.15, 0.2) is 5.78 Å². The summed E-state index contributed by atoms with van der Waals surface area (Å²) in [5, 5.41) is 0. The third-order valence-corrected chi connectivity index (χ3v) is 2.32. The summed E-state index contributed by atoms with van der Waals surface area (Å²) in [6.45, 7) is 1.49. The highest BCUT2D eigenvalue weighted by atomic mass is 19.1. The number of carbonyl (C=O) groups excluding carboxylic acids is 2. The summed E-state index contributed by atoms with van der Waals surface area (Å²) in [5.74, 6) is -3.36. The molecule has 0 radical (unpaired) electrons. The van der Waals surface area contributed by atoms with Gasteiger partial charge in [-0.1, -0.05) is 6.92 Å². The van der Waals surface area contributed by atoms with E-state index in [4.69, 9.17) is 0 Å². The SMILES string of the molecule is COC(=O)C(C)CC(=O)c1cc(F)ccc1F. The predicted molar refractivity (Wildman–Crippen MR) is 56.5 cm³/mol. The zero-order valence-corrected chi connectivity index (χ0v) is 9.50. The second-order valence-corrected chi connectivity index (χ2v) is 3.68. The number of ether oxygens (including phenoxy) is 1. The van der Waals surface area contributed by atoms with Crippen molar-refractivity contribution in [2.24, 2.45) is 5.92 Å². The van der Waals surface area contributed by atoms with Crippen LogP contribution in [0.4, 0.5) is 8.78 Å². The highest BCUT2D eigenvalue weighted by Gasteiger charge is 2.20. The monoisotopic (exact) mass is 242 g/mol. The van der Waals surface area contributed by atoms with Gasteiger partial charge in [-0.2, -0.15) is 0 Å². The lowest BCUT2D eigenvalue weighted by atomic mass is 9.99. The van der Waals surface area contributed by atoms with Crippen molar-refractivity contribution in [3.05, 3.63) is 35.4 Å². The number of halogens is 2. The van der Waals surface area contributed by atoms with Crippen LogP contribution in [0.15, 0.2) is 18.2 Å². The number of esters is 1. The van der Waals surface area contributed by atoms with Gasteiger partial charge in [-0.25, -0.2) is 8.78 Å². The Morgan fingerprint density at radius 1 is 1.35 bits per heavy atom. The van der Waals surface area contributed by atoms with E-state index in [1.165, 1.54) is 14.0 Å². The highest BCUT2D eigenvalue weighted by molar-refractivity contribution is 5.98. The van der Waals surface area contributed by atoms with Gasteiger partial charge in [-0.3, -0.25) is 9.59 Å². The molecule has 0 heterocycles. The number of carbonyl (C=O) groups is 2. The first-order valence-corrected chi connectivity index (χ1v) is 5.01. The van der Waals surface area contributed by atoms with Crippen LogP contribution in [-0.2, 0) is 9.53 Å². The summed E-state index contributed by atoms with van der Waals surface area (Å²) in [6, 6.07) is 2.63. The van der Waals surface area contributed by atoms with E-state index in [1.807, 2.05) is 0 Å². The van der Waals surface area contributed by atoms with E-state index in [9.17, 15) is 18.4 Å². The summed E-state index contributed by atoms with van der Waals surface area (Å²) >= 11 is 0. The Morgan fingerprint density at radius 3 is 2.59 bits per heavy atom. The molecule has 0 bridgehead atoms. The van der Waals surface area contributed by atoms with Crippen molar-refractivity contribution in [2.45, 2.75) is 13.3 Å². The molecule has 0 N–H and O–H groups in total. The molecule has 1 rings (SSSR count). The third-order valence-electron chi connectivity index (χ3n) is 2.32. The van der Waals surface area contributed by atoms with Crippen LogP contribution in [0.3, 0.4) is 0 Å². The summed E-state index contributed by atoms with van der Waals surface area (Å²) in [6.07, 6.45) is -0.215. The molecule has 3 nitrogen and oxygen atoms in total. The lowest BCUT2D eigenvalue weighted by Crippen LogP contribution is -2.17. The molecule has 0 aromatic heterocycles. The van der Waals surface area contributed by atoms with Gasteiger partial charge in [0.25, 0.3) is 0 Å². The largest absolute Gasteiger partial charge is 0.469 e. The molecule has 1 unspecified atom stereocenters. The van der Waals surface area contributed by atoms with Gasteiger partial charge < -0.3 is 4.74 Å². The molecule has 17 heavy (non-hydrogen) atoms. The van der Waals surface area contributed by atoms with E-state index >= 15 is 0 Å². The van der Waals surface area contributed by atoms with Crippen molar-refractivity contribution >= 4 is 11.8 Å². The first-order valence-electron chi connectivity index (χ1n) is 5.01. The number of ketones is 1. The van der Waals surface area contributed by atoms with Crippen molar-refractivity contribution < 1.29 is 23.1 Å². The highest BCUT2D eigenvalue weighted by Crippen LogP contribution is 2.15. The molecule has 0 spiro atoms. The Morgan fingerprint density at radius 2 is 2.00 bits per heavy atom. The molecular weight excluding hydrogens is 230 g/mol. The molecule has 0 aliphatic carbocycles. The first-order chi connectivity index (χ1) is 7.95. The van der Waals surface area contributed by atoms with E-state index in [0.717, 1.165) is 18.2 Å². The number of benzene rings is 1. The van der Waals surface area contributed by atoms with Crippen LogP contribution < -0.4 is 0 Å². The van der Waals surface area contributed by atoms with Gasteiger partial charge in [-0.15, -0.1) is 0 Å². The Kier molecular flexibility index (Phi) is 4.31. The fraction of sp³-hybridized carbons (Fsp3) is 0.333. The molecule has 1 aromatic rings. The van der Waals surface area contributed by atoms with E-state index < -0.39 is 29.3 Å². The predicted octanol–water partition coefficient (Wildman–Crippen LogP) is 2.35. The summed E-state index contributed by atoms with van der Waals surface area (Å²) in [7, 11) is 1.20. The van der Waals surface area contributed by atoms with Gasteiger partial charge in [0.2, 0.25) is 0 Å². The van der Waals surface area contributed by atoms with E-state index in [0.29, 0.717) is 0 Å². The Bertz CT molecular complexity index is 443. The van der Waals surface area contributed by atoms with Crippen LogP contribution in [0.1, 0.15) is 23.7 Å². The minimum atomic E-state index is -0.798. The lowest BCUT2D eigenvalue weighted by molar-refractivity contribution is -0.144. The molecule has 1 atom stereocenters. The van der Waals surface area contributed by atoms with Gasteiger partial charge in [0, 0.05) is 6.42 Å². The summed E-state index contributed by atoms with van der Waals surface area (Å²) < 4.78 is 30.6. The normalized spacial score (nSPS) is 12.0. The zero-order valence-electron chi connectivity index (χ0n) is 9.50. The van der Waals surface area contributed by atoms with Gasteiger partial charge in [0.05, 0.1) is 18.6 Å². The standard InChI is InChI=1S/C12H12F2O3/c1-7(12(16)17-2)5-11(15)9-6-8(13)3-4-10(9)14/h3-4,6-7H,5H2,1-2H3. The Hall–Kier alpha value is -1.78. The molecular formula is C12H12F2O3. The number of methoxy groups -OCH3 is 1. The zero-order chi connectivity index (χ0) is 13.0. The van der Waals surface area contributed by atoms with Gasteiger partial charge in [0.1, 0.15) is 11.6 Å². The van der Waals surface area contributed by atoms with E-state index in [1.54, 1.807) is 0 Å². The van der Waals surface area contributed by atoms with Crippen LogP contribution in [0.2, 0.25) is 0 Å². The van der Waals surface area contributed by atoms with E-state index in [2.05, 4.69) is 4.74 Å². The second-order valence-electron chi connectivity index (χ2n) is 3.68. The Balaban J connectivity index is 2.83. The second kappa shape index (κ2) is 5.52. The maximum absolute atomic E-state index is 13.2. The average molecular weight is 242 g/mol. The lowest BCUT2D eigenvalue weighted by Gasteiger charge is -2.08. The molecule has 0 aliphatic rings. The average Bonchev–Trinajstić information content (AvgIpc) is 2.30. The first kappa shape index (κ1) is 13.3. The quantitative estimate of drug-likeness (QED) is 0.601. The van der Waals surface area contributed by atoms with Crippen LogP contribution >= 0.6 is 0 Å². The maximum Gasteiger partial charge on any atom is 0.308 e. The van der Waals surface area contributed by atoms with Crippen LogP contribution in [0.5, 0.6) is 0 Å². The minimum absolute atomic E-state index is 0.215. The third kappa shape index (κ3) is 3.34. The fourth-order valence-corrected chi connectivity index (χ4v) is 1.38. The van der Waals surface area contributed by atoms with Crippen molar-refractivity contribution in [1.82, 2.24) is 0 Å². The van der Waals surface area contributed by atoms with Crippen molar-refractivity contribution in [3.63, 3.8) is 0 Å². The molecule has 1 aromatic carbocycles. The van der Waals surface area contributed by atoms with Crippen LogP contribution in [-0.4, -0.2) is 18.9 Å². The topological polar surface area (TPSA) is 43.4 Å². The van der Waals surface area contributed by atoms with Gasteiger partial charge in [-0.05, 0) is 18.2 Å². The molecule has 5 heteroatoms. The number of rotatable bonds is 4. The maximum atomic E-state index is 13.2. The van der Waals surface area contributed by atoms with Crippen LogP contribution in [0.25, 0.3) is 0 Å². The number of hydrogen-bond acceptors (Lipinski definition) is 3. The van der Waals surface area contributed by atoms with Gasteiger partial charge >= 0.3 is 5.97 Å². The summed E-state index contributed by atoms with van der Waals surface area (Å²) in [5.41, 5.74) is -0.347. The molecule has 0 amide bonds. The molecule has 0 saturated heterocycles. The molecule has 0 fully saturated rings. The molecule has 0 aliphatic heterocycles. The van der Waals surface area contributed by atoms with E-state index in [-0.39, 0.29) is 12.0 Å². The number of Topliss-reactive ketones (excluding diaryl/α,β-unsaturated/α-hetero) is 1. The van der Waals surface area contributed by atoms with Crippen molar-refractivity contribution in [2.75, 3.05) is 7.11 Å². The molecule has 92 valence electrons. The smallest absolute Gasteiger partial charge is 0.308 e. The van der Waals surface area contributed by atoms with Crippen LogP contribution in [0, 0.1) is 17.6 Å². The molecule has 0 saturated carbocycles. The number of hydrogen-bond donors (Lipinski definition) is 0. The Labute approximate surface area is 97.4 Å². The minimum Gasteiger partial charge on any atom is -0.469 e. The van der Waals surface area contributed by atoms with Crippen molar-refractivity contribution in [1.29, 1.82) is 0 Å². The summed E-state index contributed by atoms with van der Waals surface area (Å²) in [4.78, 5) is 22.7.